The van der Waals surface area contributed by atoms with Crippen LogP contribution in [0.15, 0.2) is 9.31 Å². The molecule has 0 aromatic carbocycles. The Morgan fingerprint density at radius 2 is 2.00 bits per heavy atom. The molecule has 18 heavy (non-hydrogen) atoms. The van der Waals surface area contributed by atoms with Gasteiger partial charge in [-0.2, -0.15) is 0 Å². The van der Waals surface area contributed by atoms with E-state index < -0.39 is 10.0 Å². The lowest BCUT2D eigenvalue weighted by atomic mass is 10.2. The molecule has 0 aliphatic carbocycles. The quantitative estimate of drug-likeness (QED) is 0.716. The molecule has 0 saturated heterocycles. The van der Waals surface area contributed by atoms with Gasteiger partial charge in [0.15, 0.2) is 0 Å². The highest BCUT2D eigenvalue weighted by atomic mass is 32.2. The molecule has 1 aromatic rings. The van der Waals surface area contributed by atoms with Gasteiger partial charge >= 0.3 is 0 Å². The van der Waals surface area contributed by atoms with Gasteiger partial charge in [-0.1, -0.05) is 0 Å². The Balaban J connectivity index is 2.91. The Bertz CT molecular complexity index is 492. The first-order valence-corrected chi connectivity index (χ1v) is 7.19. The van der Waals surface area contributed by atoms with Crippen LogP contribution in [0.2, 0.25) is 0 Å². The molecule has 0 atom stereocenters. The van der Waals surface area contributed by atoms with Gasteiger partial charge in [-0.3, -0.25) is 0 Å². The lowest BCUT2D eigenvalue weighted by Gasteiger charge is -2.07. The number of aliphatic hydroxyl groups excluding tert-OH is 1. The summed E-state index contributed by atoms with van der Waals surface area (Å²) >= 11 is 0. The second kappa shape index (κ2) is 6.33. The van der Waals surface area contributed by atoms with Crippen molar-refractivity contribution in [2.45, 2.75) is 32.3 Å². The van der Waals surface area contributed by atoms with Crippen molar-refractivity contribution in [3.63, 3.8) is 0 Å². The van der Waals surface area contributed by atoms with Crippen molar-refractivity contribution in [2.24, 2.45) is 0 Å². The number of sulfonamides is 1. The van der Waals surface area contributed by atoms with E-state index in [1.54, 1.807) is 13.8 Å². The molecule has 1 aromatic heterocycles. The van der Waals surface area contributed by atoms with Crippen molar-refractivity contribution in [1.29, 1.82) is 0 Å². The van der Waals surface area contributed by atoms with Crippen LogP contribution in [0.5, 0.6) is 0 Å². The summed E-state index contributed by atoms with van der Waals surface area (Å²) in [6, 6.07) is 0. The number of aliphatic hydroxyl groups is 1. The third-order valence-electron chi connectivity index (χ3n) is 2.49. The number of nitrogens with one attached hydrogen (secondary N) is 1. The SMILES string of the molecule is CCOCCNS(=O)(=O)c1c(C)oc(C)c1CO. The number of hydrogen-bond acceptors (Lipinski definition) is 5. The van der Waals surface area contributed by atoms with E-state index in [1.165, 1.54) is 0 Å². The normalized spacial score (nSPS) is 12.0. The van der Waals surface area contributed by atoms with Crippen LogP contribution in [0, 0.1) is 13.8 Å². The lowest BCUT2D eigenvalue weighted by molar-refractivity contribution is 0.153. The first-order chi connectivity index (χ1) is 8.44. The van der Waals surface area contributed by atoms with E-state index in [1.807, 2.05) is 6.92 Å². The highest BCUT2D eigenvalue weighted by molar-refractivity contribution is 7.89. The zero-order valence-electron chi connectivity index (χ0n) is 10.8. The summed E-state index contributed by atoms with van der Waals surface area (Å²) in [5.41, 5.74) is 0.302. The Labute approximate surface area is 107 Å². The van der Waals surface area contributed by atoms with Crippen molar-refractivity contribution in [3.05, 3.63) is 17.1 Å². The molecule has 0 spiro atoms. The van der Waals surface area contributed by atoms with E-state index >= 15 is 0 Å². The number of furan rings is 1. The monoisotopic (exact) mass is 277 g/mol. The highest BCUT2D eigenvalue weighted by Gasteiger charge is 2.25. The van der Waals surface area contributed by atoms with E-state index in [0.717, 1.165) is 0 Å². The molecule has 104 valence electrons. The van der Waals surface area contributed by atoms with Crippen LogP contribution in [-0.4, -0.2) is 33.3 Å². The van der Waals surface area contributed by atoms with Crippen molar-refractivity contribution < 1.29 is 22.7 Å². The Morgan fingerprint density at radius 3 is 2.56 bits per heavy atom. The van der Waals surface area contributed by atoms with Gasteiger partial charge in [0.05, 0.1) is 13.2 Å². The van der Waals surface area contributed by atoms with Gasteiger partial charge < -0.3 is 14.3 Å². The standard InChI is InChI=1S/C11H19NO5S/c1-4-16-6-5-12-18(14,15)11-9(3)17-8(2)10(11)7-13/h12-13H,4-7H2,1-3H3. The predicted molar refractivity (Wildman–Crippen MR) is 65.8 cm³/mol. The minimum absolute atomic E-state index is 0.0269. The molecule has 1 rings (SSSR count). The molecule has 0 fully saturated rings. The third-order valence-corrected chi connectivity index (χ3v) is 4.15. The molecule has 6 nitrogen and oxygen atoms in total. The van der Waals surface area contributed by atoms with E-state index in [4.69, 9.17) is 9.15 Å². The Kier molecular flexibility index (Phi) is 5.33. The molecule has 0 aliphatic heterocycles. The van der Waals surface area contributed by atoms with Gasteiger partial charge in [0.25, 0.3) is 0 Å². The molecule has 2 N–H and O–H groups in total. The van der Waals surface area contributed by atoms with Crippen LogP contribution in [0.25, 0.3) is 0 Å². The molecule has 0 bridgehead atoms. The van der Waals surface area contributed by atoms with E-state index in [0.29, 0.717) is 24.5 Å². The molecule has 0 amide bonds. The van der Waals surface area contributed by atoms with Crippen molar-refractivity contribution in [2.75, 3.05) is 19.8 Å². The van der Waals surface area contributed by atoms with E-state index in [9.17, 15) is 13.5 Å². The van der Waals surface area contributed by atoms with Gasteiger partial charge in [0.2, 0.25) is 10.0 Å². The average molecular weight is 277 g/mol. The van der Waals surface area contributed by atoms with Crippen LogP contribution in [-0.2, 0) is 21.4 Å². The van der Waals surface area contributed by atoms with Gasteiger partial charge in [-0.15, -0.1) is 0 Å². The maximum Gasteiger partial charge on any atom is 0.244 e. The summed E-state index contributed by atoms with van der Waals surface area (Å²) in [4.78, 5) is 0.0269. The number of aryl methyl sites for hydroxylation is 2. The average Bonchev–Trinajstić information content (AvgIpc) is 2.59. The maximum atomic E-state index is 12.1. The largest absolute Gasteiger partial charge is 0.465 e. The second-order valence-electron chi connectivity index (χ2n) is 3.77. The smallest absolute Gasteiger partial charge is 0.244 e. The fourth-order valence-electron chi connectivity index (χ4n) is 1.71. The summed E-state index contributed by atoms with van der Waals surface area (Å²) < 4.78 is 36.9. The molecule has 0 saturated carbocycles. The molecule has 0 aliphatic rings. The summed E-state index contributed by atoms with van der Waals surface area (Å²) in [5, 5.41) is 9.21. The minimum atomic E-state index is -3.68. The van der Waals surface area contributed by atoms with Gasteiger partial charge in [-0.25, -0.2) is 13.1 Å². The molecular formula is C11H19NO5S. The van der Waals surface area contributed by atoms with Crippen LogP contribution >= 0.6 is 0 Å². The van der Waals surface area contributed by atoms with Gasteiger partial charge in [-0.05, 0) is 20.8 Å². The summed E-state index contributed by atoms with van der Waals surface area (Å²) in [5.74, 6) is 0.695. The zero-order chi connectivity index (χ0) is 13.8. The number of rotatable bonds is 7. The van der Waals surface area contributed by atoms with Crippen LogP contribution in [0.4, 0.5) is 0 Å². The summed E-state index contributed by atoms with van der Waals surface area (Å²) in [6.07, 6.45) is 0. The van der Waals surface area contributed by atoms with Crippen LogP contribution in [0.3, 0.4) is 0 Å². The van der Waals surface area contributed by atoms with Crippen LogP contribution < -0.4 is 4.72 Å². The topological polar surface area (TPSA) is 88.8 Å². The van der Waals surface area contributed by atoms with Crippen molar-refractivity contribution in [1.82, 2.24) is 4.72 Å². The third kappa shape index (κ3) is 3.32. The summed E-state index contributed by atoms with van der Waals surface area (Å²) in [7, 11) is -3.68. The van der Waals surface area contributed by atoms with E-state index in [2.05, 4.69) is 4.72 Å². The van der Waals surface area contributed by atoms with Crippen molar-refractivity contribution >= 4 is 10.0 Å². The Morgan fingerprint density at radius 1 is 1.33 bits per heavy atom. The first kappa shape index (κ1) is 15.2. The number of ether oxygens (including phenoxy) is 1. The lowest BCUT2D eigenvalue weighted by Crippen LogP contribution is -2.28. The molecule has 1 heterocycles. The van der Waals surface area contributed by atoms with Gasteiger partial charge in [0, 0.05) is 18.7 Å². The zero-order valence-corrected chi connectivity index (χ0v) is 11.6. The molecular weight excluding hydrogens is 258 g/mol. The fraction of sp³-hybridized carbons (Fsp3) is 0.636. The molecule has 7 heteroatoms. The number of hydrogen-bond donors (Lipinski definition) is 2. The first-order valence-electron chi connectivity index (χ1n) is 5.71. The highest BCUT2D eigenvalue weighted by Crippen LogP contribution is 2.26. The predicted octanol–water partition coefficient (Wildman–Crippen LogP) is 0.704. The van der Waals surface area contributed by atoms with Gasteiger partial charge in [0.1, 0.15) is 16.4 Å². The maximum absolute atomic E-state index is 12.1. The van der Waals surface area contributed by atoms with Crippen molar-refractivity contribution in [3.8, 4) is 0 Å². The fourth-order valence-corrected chi connectivity index (χ4v) is 3.16. The summed E-state index contributed by atoms with van der Waals surface area (Å²) in [6.45, 7) is 5.67. The minimum Gasteiger partial charge on any atom is -0.465 e. The molecule has 0 radical (unpaired) electrons. The van der Waals surface area contributed by atoms with Crippen LogP contribution in [0.1, 0.15) is 24.0 Å². The molecule has 0 unspecified atom stereocenters. The Hall–Kier alpha value is -0.890. The van der Waals surface area contributed by atoms with E-state index in [-0.39, 0.29) is 23.8 Å². The second-order valence-corrected chi connectivity index (χ2v) is 5.48.